The van der Waals surface area contributed by atoms with Gasteiger partial charge in [0.1, 0.15) is 0 Å². The number of ether oxygens (including phenoxy) is 2. The molecule has 47 heavy (non-hydrogen) atoms. The summed E-state index contributed by atoms with van der Waals surface area (Å²) in [6.45, 7) is 18.3. The molecule has 0 amide bonds. The predicted molar refractivity (Wildman–Crippen MR) is 210 cm³/mol. The van der Waals surface area contributed by atoms with Crippen molar-refractivity contribution in [2.24, 2.45) is 17.3 Å². The van der Waals surface area contributed by atoms with Crippen molar-refractivity contribution in [3.8, 4) is 0 Å². The quantitative estimate of drug-likeness (QED) is 0.0340. The first-order valence-electron chi connectivity index (χ1n) is 20.4. The van der Waals surface area contributed by atoms with Crippen LogP contribution < -0.4 is 0 Å². The second-order valence-electron chi connectivity index (χ2n) is 15.1. The summed E-state index contributed by atoms with van der Waals surface area (Å²) in [6.07, 6.45) is 27.0. The molecule has 1 aliphatic carbocycles. The molecule has 1 rings (SSSR count). The zero-order chi connectivity index (χ0) is 35.0. The predicted octanol–water partition coefficient (Wildman–Crippen LogP) is 12.9. The fraction of sp³-hybridized carbons (Fsp3) is 0.854. The third kappa shape index (κ3) is 15.4. The van der Waals surface area contributed by atoms with E-state index in [9.17, 15) is 9.59 Å². The Kier molecular flexibility index (Phi) is 24.8. The van der Waals surface area contributed by atoms with Crippen molar-refractivity contribution in [2.75, 3.05) is 13.2 Å². The van der Waals surface area contributed by atoms with Gasteiger partial charge in [-0.1, -0.05) is 0 Å². The van der Waals surface area contributed by atoms with Crippen LogP contribution in [-0.4, -0.2) is 61.9 Å². The molecule has 0 heterocycles. The maximum absolute atomic E-state index is 13.6. The molecule has 274 valence electrons. The molecule has 1 fully saturated rings. The SMILES string of the molecule is CCC[CH2][Sn]([CH2]/C=C\[C@@H]1CC(C(=O)OCC)(C(=O)OCC)C[C@H]1/C=C/[CH2][Sn]([CH2]CCC)([CH2]CCC)[CH2]CCC)([CH2]CCC)[CH2]CCC. The summed E-state index contributed by atoms with van der Waals surface area (Å²) >= 11 is -4.67. The molecule has 0 aromatic carbocycles. The van der Waals surface area contributed by atoms with Crippen molar-refractivity contribution in [2.45, 2.75) is 181 Å². The fourth-order valence-electron chi connectivity index (χ4n) is 8.23. The van der Waals surface area contributed by atoms with Gasteiger partial charge in [0, 0.05) is 0 Å². The average molecular weight is 872 g/mol. The minimum atomic E-state index is -2.34. The fourth-order valence-corrected chi connectivity index (χ4v) is 38.5. The van der Waals surface area contributed by atoms with Gasteiger partial charge in [-0.25, -0.2) is 0 Å². The first-order valence-corrected chi connectivity index (χ1v) is 36.5. The Balaban J connectivity index is 3.51. The molecule has 0 saturated heterocycles. The van der Waals surface area contributed by atoms with E-state index >= 15 is 0 Å². The average Bonchev–Trinajstić information content (AvgIpc) is 3.45. The molecule has 0 aromatic rings. The van der Waals surface area contributed by atoms with Crippen molar-refractivity contribution in [1.29, 1.82) is 0 Å². The standard InChI is InChI=1S/C17H24O4.6C4H9.2Sn/c1-5-9-13-11-17(15(18)20-7-3,16(19)21-8-4)12-14(13)10-6-2;6*1-3-4-2;;/h5-6,9-10,13-14H,1-2,7-8,11-12H2,3-4H3;6*1,3-4H2,2H3;;/b9-5-,10-6+;;;;;;;;/t13-,14-;;;;;;;;/m1......../s1. The number of unbranched alkanes of at least 4 members (excludes halogenated alkanes) is 6. The first kappa shape index (κ1) is 45.0. The summed E-state index contributed by atoms with van der Waals surface area (Å²) < 4.78 is 22.8. The molecule has 1 aliphatic rings. The number of esters is 2. The van der Waals surface area contributed by atoms with E-state index in [1.54, 1.807) is 0 Å². The number of carbonyl (C=O) groups excluding carboxylic acids is 2. The van der Waals surface area contributed by atoms with Crippen LogP contribution in [0.5, 0.6) is 0 Å². The number of rotatable bonds is 28. The maximum atomic E-state index is 13.6. The summed E-state index contributed by atoms with van der Waals surface area (Å²) in [5.41, 5.74) is -1.20. The summed E-state index contributed by atoms with van der Waals surface area (Å²) in [4.78, 5) is 27.2. The molecule has 4 nitrogen and oxygen atoms in total. The van der Waals surface area contributed by atoms with Crippen LogP contribution in [0, 0.1) is 17.3 Å². The zero-order valence-corrected chi connectivity index (χ0v) is 38.3. The molecule has 0 unspecified atom stereocenters. The molecular weight excluding hydrogens is 794 g/mol. The second kappa shape index (κ2) is 25.9. The zero-order valence-electron chi connectivity index (χ0n) is 32.6. The van der Waals surface area contributed by atoms with Crippen molar-refractivity contribution < 1.29 is 19.1 Å². The number of hydrogen-bond acceptors (Lipinski definition) is 4. The van der Waals surface area contributed by atoms with Crippen LogP contribution in [0.4, 0.5) is 0 Å². The van der Waals surface area contributed by atoms with Gasteiger partial charge >= 0.3 is 303 Å². The van der Waals surface area contributed by atoms with E-state index in [0.717, 1.165) is 0 Å². The van der Waals surface area contributed by atoms with Crippen molar-refractivity contribution in [3.05, 3.63) is 24.3 Å². The minimum absolute atomic E-state index is 0.166. The van der Waals surface area contributed by atoms with E-state index < -0.39 is 42.2 Å². The van der Waals surface area contributed by atoms with Crippen molar-refractivity contribution in [3.63, 3.8) is 0 Å². The van der Waals surface area contributed by atoms with Crippen LogP contribution in [0.2, 0.25) is 35.5 Å². The Morgan fingerprint density at radius 2 is 0.809 bits per heavy atom. The first-order chi connectivity index (χ1) is 22.7. The normalized spacial score (nSPS) is 18.4. The van der Waals surface area contributed by atoms with Gasteiger partial charge in [0.25, 0.3) is 0 Å². The molecular formula is C41H78O4Sn2. The Hall–Kier alpha value is 0.0174. The molecule has 6 heteroatoms. The van der Waals surface area contributed by atoms with Crippen LogP contribution >= 0.6 is 0 Å². The van der Waals surface area contributed by atoms with Crippen molar-refractivity contribution >= 4 is 48.7 Å². The van der Waals surface area contributed by atoms with E-state index in [2.05, 4.69) is 65.8 Å². The van der Waals surface area contributed by atoms with Crippen molar-refractivity contribution in [1.82, 2.24) is 0 Å². The van der Waals surface area contributed by atoms with Crippen LogP contribution in [0.3, 0.4) is 0 Å². The molecule has 0 bridgehead atoms. The Morgan fingerprint density at radius 3 is 1.04 bits per heavy atom. The van der Waals surface area contributed by atoms with Gasteiger partial charge in [0.15, 0.2) is 0 Å². The summed E-state index contributed by atoms with van der Waals surface area (Å²) in [5.74, 6) is -0.423. The van der Waals surface area contributed by atoms with E-state index in [-0.39, 0.29) is 37.0 Å². The molecule has 1 saturated carbocycles. The number of carbonyl (C=O) groups is 2. The summed E-state index contributed by atoms with van der Waals surface area (Å²) in [5, 5.41) is 0. The third-order valence-corrected chi connectivity index (χ3v) is 41.8. The Bertz CT molecular complexity index is 782. The van der Waals surface area contributed by atoms with Crippen LogP contribution in [0.15, 0.2) is 24.3 Å². The van der Waals surface area contributed by atoms with Crippen LogP contribution in [0.1, 0.15) is 145 Å². The second-order valence-corrected chi connectivity index (χ2v) is 43.2. The van der Waals surface area contributed by atoms with E-state index in [1.807, 2.05) is 13.8 Å². The van der Waals surface area contributed by atoms with E-state index in [1.165, 1.54) is 113 Å². The van der Waals surface area contributed by atoms with E-state index in [4.69, 9.17) is 9.47 Å². The number of hydrogen-bond donors (Lipinski definition) is 0. The van der Waals surface area contributed by atoms with Gasteiger partial charge < -0.3 is 0 Å². The number of allylic oxidation sites excluding steroid dienone is 4. The summed E-state index contributed by atoms with van der Waals surface area (Å²) in [7, 11) is 0. The Labute approximate surface area is 301 Å². The van der Waals surface area contributed by atoms with Crippen LogP contribution in [-0.2, 0) is 19.1 Å². The van der Waals surface area contributed by atoms with Gasteiger partial charge in [-0.2, -0.15) is 0 Å². The van der Waals surface area contributed by atoms with E-state index in [0.29, 0.717) is 12.8 Å². The molecule has 0 aliphatic heterocycles. The topological polar surface area (TPSA) is 52.6 Å². The van der Waals surface area contributed by atoms with Crippen LogP contribution in [0.25, 0.3) is 0 Å². The van der Waals surface area contributed by atoms with Gasteiger partial charge in [-0.3, -0.25) is 0 Å². The molecule has 0 aromatic heterocycles. The monoisotopic (exact) mass is 874 g/mol. The molecule has 2 atom stereocenters. The summed E-state index contributed by atoms with van der Waals surface area (Å²) in [6, 6.07) is 0. The third-order valence-electron chi connectivity index (χ3n) is 11.3. The molecule has 0 N–H and O–H groups in total. The van der Waals surface area contributed by atoms with Gasteiger partial charge in [-0.05, 0) is 0 Å². The molecule has 0 radical (unpaired) electrons. The Morgan fingerprint density at radius 1 is 0.532 bits per heavy atom. The van der Waals surface area contributed by atoms with Gasteiger partial charge in [0.05, 0.1) is 0 Å². The van der Waals surface area contributed by atoms with Gasteiger partial charge in [-0.15, -0.1) is 0 Å². The molecule has 0 spiro atoms. The van der Waals surface area contributed by atoms with Gasteiger partial charge in [0.2, 0.25) is 0 Å².